The molecule has 220 valence electrons. The summed E-state index contributed by atoms with van der Waals surface area (Å²) >= 11 is 25.1. The molecule has 41 heavy (non-hydrogen) atoms. The number of rotatable bonds is 12. The Morgan fingerprint density at radius 1 is 0.927 bits per heavy atom. The molecule has 2 amide bonds. The summed E-state index contributed by atoms with van der Waals surface area (Å²) in [5.74, 6) is -1.02. The molecular formula is C29H31Cl4N3O4S. The average Bonchev–Trinajstić information content (AvgIpc) is 2.91. The van der Waals surface area contributed by atoms with E-state index in [0.29, 0.717) is 22.0 Å². The van der Waals surface area contributed by atoms with Crippen LogP contribution in [0.3, 0.4) is 0 Å². The van der Waals surface area contributed by atoms with Gasteiger partial charge in [-0.2, -0.15) is 0 Å². The topological polar surface area (TPSA) is 86.8 Å². The molecule has 7 nitrogen and oxygen atoms in total. The summed E-state index contributed by atoms with van der Waals surface area (Å²) in [6.45, 7) is 3.09. The SMILES string of the molecule is CC[C@H](C)NC(=O)[C@@H](Cc1ccccc1)N(Cc1ccc(Cl)cc1Cl)C(=O)CN(c1cccc(Cl)c1Cl)S(C)(=O)=O. The summed E-state index contributed by atoms with van der Waals surface area (Å²) < 4.78 is 26.7. The van der Waals surface area contributed by atoms with E-state index < -0.39 is 28.5 Å². The lowest BCUT2D eigenvalue weighted by Crippen LogP contribution is -2.54. The molecule has 3 aromatic rings. The Labute approximate surface area is 261 Å². The van der Waals surface area contributed by atoms with Crippen LogP contribution < -0.4 is 9.62 Å². The highest BCUT2D eigenvalue weighted by Gasteiger charge is 2.34. The second-order valence-electron chi connectivity index (χ2n) is 9.62. The lowest BCUT2D eigenvalue weighted by molar-refractivity contribution is -0.140. The zero-order valence-electron chi connectivity index (χ0n) is 22.8. The molecule has 2 atom stereocenters. The molecule has 0 radical (unpaired) electrons. The van der Waals surface area contributed by atoms with Gasteiger partial charge >= 0.3 is 0 Å². The minimum Gasteiger partial charge on any atom is -0.352 e. The zero-order valence-corrected chi connectivity index (χ0v) is 26.6. The van der Waals surface area contributed by atoms with Gasteiger partial charge in [-0.3, -0.25) is 13.9 Å². The molecular weight excluding hydrogens is 628 g/mol. The maximum absolute atomic E-state index is 14.1. The van der Waals surface area contributed by atoms with Gasteiger partial charge in [0.25, 0.3) is 0 Å². The van der Waals surface area contributed by atoms with E-state index in [-0.39, 0.29) is 40.6 Å². The molecule has 0 saturated heterocycles. The first-order valence-corrected chi connectivity index (χ1v) is 16.2. The minimum absolute atomic E-state index is 0.0185. The van der Waals surface area contributed by atoms with Gasteiger partial charge in [-0.25, -0.2) is 8.42 Å². The zero-order chi connectivity index (χ0) is 30.3. The van der Waals surface area contributed by atoms with Crippen LogP contribution in [0.25, 0.3) is 0 Å². The van der Waals surface area contributed by atoms with Gasteiger partial charge in [0, 0.05) is 29.1 Å². The summed E-state index contributed by atoms with van der Waals surface area (Å²) in [7, 11) is -4.00. The summed E-state index contributed by atoms with van der Waals surface area (Å²) in [5, 5.41) is 3.79. The van der Waals surface area contributed by atoms with Crippen molar-refractivity contribution in [3.05, 3.63) is 97.9 Å². The van der Waals surface area contributed by atoms with Gasteiger partial charge in [0.1, 0.15) is 12.6 Å². The van der Waals surface area contributed by atoms with E-state index in [0.717, 1.165) is 16.1 Å². The maximum Gasteiger partial charge on any atom is 0.244 e. The van der Waals surface area contributed by atoms with Crippen LogP contribution in [-0.2, 0) is 32.6 Å². The Kier molecular flexibility index (Phi) is 11.8. The first kappa shape index (κ1) is 33.0. The molecule has 0 heterocycles. The van der Waals surface area contributed by atoms with Crippen molar-refractivity contribution < 1.29 is 18.0 Å². The second-order valence-corrected chi connectivity index (χ2v) is 13.2. The maximum atomic E-state index is 14.1. The van der Waals surface area contributed by atoms with Crippen molar-refractivity contribution in [2.45, 2.75) is 45.3 Å². The number of nitrogens with zero attached hydrogens (tertiary/aromatic N) is 2. The van der Waals surface area contributed by atoms with E-state index >= 15 is 0 Å². The average molecular weight is 659 g/mol. The third-order valence-corrected chi connectivity index (χ3v) is 9.03. The molecule has 12 heteroatoms. The Morgan fingerprint density at radius 3 is 2.22 bits per heavy atom. The summed E-state index contributed by atoms with van der Waals surface area (Å²) in [6.07, 6.45) is 1.82. The van der Waals surface area contributed by atoms with Crippen molar-refractivity contribution >= 4 is 73.9 Å². The third-order valence-electron chi connectivity index (χ3n) is 6.51. The molecule has 0 aliphatic carbocycles. The monoisotopic (exact) mass is 657 g/mol. The first-order valence-electron chi connectivity index (χ1n) is 12.8. The fourth-order valence-electron chi connectivity index (χ4n) is 4.11. The van der Waals surface area contributed by atoms with E-state index in [1.807, 2.05) is 44.2 Å². The number of carbonyl (C=O) groups is 2. The standard InChI is InChI=1S/C29H31Cl4N3O4S/c1-4-19(2)34-29(38)26(15-20-9-6-5-7-10-20)35(17-21-13-14-22(30)16-24(21)32)27(37)18-36(41(3,39)40)25-12-8-11-23(31)28(25)33/h5-14,16,19,26H,4,15,17-18H2,1-3H3,(H,34,38)/t19-,26+/m0/s1. The van der Waals surface area contributed by atoms with E-state index in [4.69, 9.17) is 46.4 Å². The Balaban J connectivity index is 2.12. The molecule has 3 rings (SSSR count). The predicted octanol–water partition coefficient (Wildman–Crippen LogP) is 6.62. The van der Waals surface area contributed by atoms with Gasteiger partial charge in [0.15, 0.2) is 0 Å². The highest BCUT2D eigenvalue weighted by Crippen LogP contribution is 2.34. The van der Waals surface area contributed by atoms with Crippen LogP contribution >= 0.6 is 46.4 Å². The molecule has 0 bridgehead atoms. The lowest BCUT2D eigenvalue weighted by Gasteiger charge is -2.34. The van der Waals surface area contributed by atoms with Crippen molar-refractivity contribution in [1.29, 1.82) is 0 Å². The number of benzene rings is 3. The van der Waals surface area contributed by atoms with Gasteiger partial charge in [0.2, 0.25) is 21.8 Å². The van der Waals surface area contributed by atoms with Crippen LogP contribution in [-0.4, -0.2) is 50.0 Å². The van der Waals surface area contributed by atoms with E-state index in [1.165, 1.54) is 23.1 Å². The number of carbonyl (C=O) groups excluding carboxylic acids is 2. The van der Waals surface area contributed by atoms with Gasteiger partial charge < -0.3 is 10.2 Å². The minimum atomic E-state index is -4.00. The van der Waals surface area contributed by atoms with Crippen molar-refractivity contribution in [3.8, 4) is 0 Å². The smallest absolute Gasteiger partial charge is 0.244 e. The Morgan fingerprint density at radius 2 is 1.61 bits per heavy atom. The van der Waals surface area contributed by atoms with Crippen LogP contribution in [0.15, 0.2) is 66.7 Å². The van der Waals surface area contributed by atoms with Crippen LogP contribution in [0.2, 0.25) is 20.1 Å². The van der Waals surface area contributed by atoms with Gasteiger partial charge in [0.05, 0.1) is 22.0 Å². The number of hydrogen-bond donors (Lipinski definition) is 1. The van der Waals surface area contributed by atoms with Crippen LogP contribution in [0.1, 0.15) is 31.4 Å². The number of amides is 2. The van der Waals surface area contributed by atoms with E-state index in [9.17, 15) is 18.0 Å². The molecule has 0 saturated carbocycles. The fraction of sp³-hybridized carbons (Fsp3) is 0.310. The number of anilines is 1. The number of sulfonamides is 1. The third kappa shape index (κ3) is 9.00. The molecule has 0 fully saturated rings. The molecule has 0 unspecified atom stereocenters. The predicted molar refractivity (Wildman–Crippen MR) is 167 cm³/mol. The van der Waals surface area contributed by atoms with Crippen LogP contribution in [0, 0.1) is 0 Å². The summed E-state index contributed by atoms with van der Waals surface area (Å²) in [5.41, 5.74) is 1.39. The fourth-order valence-corrected chi connectivity index (χ4v) is 5.88. The number of halogens is 4. The molecule has 0 spiro atoms. The van der Waals surface area contributed by atoms with Crippen LogP contribution in [0.5, 0.6) is 0 Å². The molecule has 1 N–H and O–H groups in total. The van der Waals surface area contributed by atoms with Crippen molar-refractivity contribution in [1.82, 2.24) is 10.2 Å². The second kappa shape index (κ2) is 14.6. The highest BCUT2D eigenvalue weighted by molar-refractivity contribution is 7.92. The molecule has 0 aliphatic heterocycles. The summed E-state index contributed by atoms with van der Waals surface area (Å²) in [4.78, 5) is 29.2. The molecule has 3 aromatic carbocycles. The largest absolute Gasteiger partial charge is 0.352 e. The quantitative estimate of drug-likeness (QED) is 0.237. The normalized spacial score (nSPS) is 12.9. The van der Waals surface area contributed by atoms with Crippen molar-refractivity contribution in [3.63, 3.8) is 0 Å². The van der Waals surface area contributed by atoms with Gasteiger partial charge in [-0.1, -0.05) is 95.8 Å². The molecule has 0 aromatic heterocycles. The Bertz CT molecular complexity index is 1490. The van der Waals surface area contributed by atoms with Crippen molar-refractivity contribution in [2.75, 3.05) is 17.1 Å². The lowest BCUT2D eigenvalue weighted by atomic mass is 10.0. The number of nitrogens with one attached hydrogen (secondary N) is 1. The summed E-state index contributed by atoms with van der Waals surface area (Å²) in [6, 6.07) is 17.4. The van der Waals surface area contributed by atoms with E-state index in [1.54, 1.807) is 18.2 Å². The highest BCUT2D eigenvalue weighted by atomic mass is 35.5. The van der Waals surface area contributed by atoms with Gasteiger partial charge in [-0.15, -0.1) is 0 Å². The van der Waals surface area contributed by atoms with Gasteiger partial charge in [-0.05, 0) is 48.7 Å². The van der Waals surface area contributed by atoms with Crippen molar-refractivity contribution in [2.24, 2.45) is 0 Å². The number of hydrogen-bond acceptors (Lipinski definition) is 4. The van der Waals surface area contributed by atoms with Crippen LogP contribution in [0.4, 0.5) is 5.69 Å². The first-order chi connectivity index (χ1) is 19.3. The molecule has 0 aliphatic rings. The van der Waals surface area contributed by atoms with E-state index in [2.05, 4.69) is 5.32 Å². The Hall–Kier alpha value is -2.49.